The molecule has 0 bridgehead atoms. The summed E-state index contributed by atoms with van der Waals surface area (Å²) in [6, 6.07) is 4.12. The Kier molecular flexibility index (Phi) is 2.18. The largest absolute Gasteiger partial charge is 0.295 e. The number of fused-ring (bicyclic) bond motifs is 1. The van der Waals surface area contributed by atoms with Gasteiger partial charge in [0.05, 0.1) is 0 Å². The lowest BCUT2D eigenvalue weighted by atomic mass is 9.95. The topological polar surface area (TPSA) is 17.1 Å². The number of Topliss-reactive ketones (excluding diaryl/α,β-unsaturated/α-hetero) is 1. The average molecular weight is 188 g/mol. The minimum atomic E-state index is 0.185. The molecule has 14 heavy (non-hydrogen) atoms. The third kappa shape index (κ3) is 1.28. The van der Waals surface area contributed by atoms with Gasteiger partial charge in [0.2, 0.25) is 0 Å². The van der Waals surface area contributed by atoms with Crippen molar-refractivity contribution < 1.29 is 4.79 Å². The van der Waals surface area contributed by atoms with Gasteiger partial charge in [-0.3, -0.25) is 4.79 Å². The fourth-order valence-electron chi connectivity index (χ4n) is 2.47. The van der Waals surface area contributed by atoms with E-state index in [1.54, 1.807) is 6.92 Å². The van der Waals surface area contributed by atoms with Crippen LogP contribution in [-0.4, -0.2) is 5.78 Å². The first kappa shape index (κ1) is 9.45. The standard InChI is InChI=1S/C13H16O/c1-8-4-5-13-9(2)12(10(3)14)7-6-11(8)13/h6-8H,4-5H2,1-3H3. The highest BCUT2D eigenvalue weighted by atomic mass is 16.1. The van der Waals surface area contributed by atoms with E-state index in [-0.39, 0.29) is 5.78 Å². The van der Waals surface area contributed by atoms with E-state index < -0.39 is 0 Å². The van der Waals surface area contributed by atoms with Crippen LogP contribution < -0.4 is 0 Å². The maximum atomic E-state index is 11.3. The SMILES string of the molecule is CC(=O)c1ccc2c(c1C)CCC2C. The normalized spacial score (nSPS) is 19.5. The van der Waals surface area contributed by atoms with Gasteiger partial charge in [-0.1, -0.05) is 19.1 Å². The van der Waals surface area contributed by atoms with Crippen LogP contribution in [0.15, 0.2) is 12.1 Å². The van der Waals surface area contributed by atoms with E-state index in [1.807, 2.05) is 6.07 Å². The van der Waals surface area contributed by atoms with Crippen molar-refractivity contribution in [1.82, 2.24) is 0 Å². The number of ketones is 1. The molecule has 0 heterocycles. The Morgan fingerprint density at radius 3 is 2.79 bits per heavy atom. The Morgan fingerprint density at radius 2 is 2.14 bits per heavy atom. The van der Waals surface area contributed by atoms with Crippen LogP contribution in [0.3, 0.4) is 0 Å². The van der Waals surface area contributed by atoms with E-state index in [0.717, 1.165) is 12.0 Å². The summed E-state index contributed by atoms with van der Waals surface area (Å²) in [5.74, 6) is 0.856. The maximum Gasteiger partial charge on any atom is 0.160 e. The predicted octanol–water partition coefficient (Wildman–Crippen LogP) is 3.25. The summed E-state index contributed by atoms with van der Waals surface area (Å²) in [4.78, 5) is 11.3. The fraction of sp³-hybridized carbons (Fsp3) is 0.462. The molecule has 0 aromatic heterocycles. The number of carbonyl (C=O) groups is 1. The lowest BCUT2D eigenvalue weighted by Gasteiger charge is -2.09. The van der Waals surface area contributed by atoms with Gasteiger partial charge in [-0.15, -0.1) is 0 Å². The number of carbonyl (C=O) groups excluding carboxylic acids is 1. The second kappa shape index (κ2) is 3.23. The first-order chi connectivity index (χ1) is 6.61. The minimum Gasteiger partial charge on any atom is -0.295 e. The quantitative estimate of drug-likeness (QED) is 0.618. The second-order valence-electron chi connectivity index (χ2n) is 4.30. The Labute approximate surface area is 85.1 Å². The molecule has 1 aliphatic rings. The highest BCUT2D eigenvalue weighted by Gasteiger charge is 2.21. The predicted molar refractivity (Wildman–Crippen MR) is 57.9 cm³/mol. The van der Waals surface area contributed by atoms with Crippen molar-refractivity contribution in [2.24, 2.45) is 0 Å². The van der Waals surface area contributed by atoms with Gasteiger partial charge in [-0.05, 0) is 49.3 Å². The van der Waals surface area contributed by atoms with Crippen LogP contribution in [0.2, 0.25) is 0 Å². The van der Waals surface area contributed by atoms with Gasteiger partial charge in [0.1, 0.15) is 0 Å². The van der Waals surface area contributed by atoms with Gasteiger partial charge >= 0.3 is 0 Å². The molecule has 1 atom stereocenters. The average Bonchev–Trinajstić information content (AvgIpc) is 2.49. The number of hydrogen-bond acceptors (Lipinski definition) is 1. The Bertz CT molecular complexity index is 390. The molecular weight excluding hydrogens is 172 g/mol. The summed E-state index contributed by atoms with van der Waals surface area (Å²) in [7, 11) is 0. The second-order valence-corrected chi connectivity index (χ2v) is 4.30. The van der Waals surface area contributed by atoms with Crippen LogP contribution in [-0.2, 0) is 6.42 Å². The summed E-state index contributed by atoms with van der Waals surface area (Å²) in [5.41, 5.74) is 4.98. The van der Waals surface area contributed by atoms with E-state index in [4.69, 9.17) is 0 Å². The van der Waals surface area contributed by atoms with Crippen molar-refractivity contribution in [2.45, 2.75) is 39.5 Å². The Morgan fingerprint density at radius 1 is 1.43 bits per heavy atom. The van der Waals surface area contributed by atoms with E-state index in [1.165, 1.54) is 23.1 Å². The molecule has 2 rings (SSSR count). The van der Waals surface area contributed by atoms with Crippen LogP contribution in [0.4, 0.5) is 0 Å². The van der Waals surface area contributed by atoms with Gasteiger partial charge in [0.25, 0.3) is 0 Å². The summed E-state index contributed by atoms with van der Waals surface area (Å²) >= 11 is 0. The van der Waals surface area contributed by atoms with E-state index in [9.17, 15) is 4.79 Å². The van der Waals surface area contributed by atoms with Crippen molar-refractivity contribution in [3.05, 3.63) is 34.4 Å². The molecule has 74 valence electrons. The summed E-state index contributed by atoms with van der Waals surface area (Å²) in [5, 5.41) is 0. The van der Waals surface area contributed by atoms with Gasteiger partial charge in [0, 0.05) is 5.56 Å². The third-order valence-electron chi connectivity index (χ3n) is 3.37. The first-order valence-corrected chi connectivity index (χ1v) is 5.24. The van der Waals surface area contributed by atoms with Gasteiger partial charge in [-0.25, -0.2) is 0 Å². The molecule has 1 nitrogen and oxygen atoms in total. The lowest BCUT2D eigenvalue weighted by molar-refractivity contribution is 0.101. The maximum absolute atomic E-state index is 11.3. The molecule has 0 saturated heterocycles. The van der Waals surface area contributed by atoms with Gasteiger partial charge in [0.15, 0.2) is 5.78 Å². The zero-order chi connectivity index (χ0) is 10.3. The van der Waals surface area contributed by atoms with Crippen molar-refractivity contribution in [3.8, 4) is 0 Å². The van der Waals surface area contributed by atoms with Crippen LogP contribution in [0.1, 0.15) is 53.2 Å². The van der Waals surface area contributed by atoms with Crippen molar-refractivity contribution >= 4 is 5.78 Å². The molecule has 0 spiro atoms. The number of rotatable bonds is 1. The van der Waals surface area contributed by atoms with Crippen LogP contribution in [0, 0.1) is 6.92 Å². The van der Waals surface area contributed by atoms with Gasteiger partial charge < -0.3 is 0 Å². The monoisotopic (exact) mass is 188 g/mol. The number of hydrogen-bond donors (Lipinski definition) is 0. The summed E-state index contributed by atoms with van der Waals surface area (Å²) in [6.07, 6.45) is 2.38. The highest BCUT2D eigenvalue weighted by Crippen LogP contribution is 2.35. The first-order valence-electron chi connectivity index (χ1n) is 5.24. The molecular formula is C13H16O. The van der Waals surface area contributed by atoms with Crippen molar-refractivity contribution in [2.75, 3.05) is 0 Å². The number of benzene rings is 1. The molecule has 0 N–H and O–H groups in total. The fourth-order valence-corrected chi connectivity index (χ4v) is 2.47. The minimum absolute atomic E-state index is 0.185. The smallest absolute Gasteiger partial charge is 0.160 e. The molecule has 0 amide bonds. The molecule has 1 unspecified atom stereocenters. The van der Waals surface area contributed by atoms with Crippen LogP contribution >= 0.6 is 0 Å². The van der Waals surface area contributed by atoms with E-state index >= 15 is 0 Å². The van der Waals surface area contributed by atoms with Crippen LogP contribution in [0.5, 0.6) is 0 Å². The highest BCUT2D eigenvalue weighted by molar-refractivity contribution is 5.96. The molecule has 0 saturated carbocycles. The van der Waals surface area contributed by atoms with Crippen LogP contribution in [0.25, 0.3) is 0 Å². The molecule has 1 aromatic carbocycles. The molecule has 1 aromatic rings. The lowest BCUT2D eigenvalue weighted by Crippen LogP contribution is -2.00. The zero-order valence-electron chi connectivity index (χ0n) is 9.05. The summed E-state index contributed by atoms with van der Waals surface area (Å²) < 4.78 is 0. The molecule has 0 aliphatic heterocycles. The zero-order valence-corrected chi connectivity index (χ0v) is 9.05. The van der Waals surface area contributed by atoms with E-state index in [0.29, 0.717) is 5.92 Å². The summed E-state index contributed by atoms with van der Waals surface area (Å²) in [6.45, 7) is 5.99. The van der Waals surface area contributed by atoms with Crippen molar-refractivity contribution in [3.63, 3.8) is 0 Å². The molecule has 1 aliphatic carbocycles. The Hall–Kier alpha value is -1.11. The molecule has 1 heteroatoms. The Balaban J connectivity index is 2.58. The molecule has 0 radical (unpaired) electrons. The third-order valence-corrected chi connectivity index (χ3v) is 3.37. The van der Waals surface area contributed by atoms with E-state index in [2.05, 4.69) is 19.9 Å². The molecule has 0 fully saturated rings. The van der Waals surface area contributed by atoms with Gasteiger partial charge in [-0.2, -0.15) is 0 Å². The van der Waals surface area contributed by atoms with Crippen molar-refractivity contribution in [1.29, 1.82) is 0 Å².